The number of benzene rings is 4. The van der Waals surface area contributed by atoms with Crippen molar-refractivity contribution in [2.45, 2.75) is 13.1 Å². The molecule has 0 unspecified atom stereocenters. The average molecular weight is 468 g/mol. The van der Waals surface area contributed by atoms with E-state index in [4.69, 9.17) is 35.4 Å². The largest absolute Gasteiger partial charge is 0.554 e. The summed E-state index contributed by atoms with van der Waals surface area (Å²) in [6.45, 7) is 0.978. The van der Waals surface area contributed by atoms with E-state index in [1.807, 2.05) is 97.1 Å². The second kappa shape index (κ2) is 10.9. The number of nitrogens with one attached hydrogen (secondary N) is 2. The van der Waals surface area contributed by atoms with Crippen LogP contribution in [0.15, 0.2) is 107 Å². The fourth-order valence-corrected chi connectivity index (χ4v) is 4.09. The van der Waals surface area contributed by atoms with Crippen LogP contribution in [0.3, 0.4) is 0 Å². The SMILES string of the molecule is [B]OC1=Nc2ccccc2CNc2ccccc2C(O[B])=Nc2ccccc2CNc2ccccc21. The number of hydrogen-bond acceptors (Lipinski definition) is 6. The van der Waals surface area contributed by atoms with Crippen molar-refractivity contribution in [3.63, 3.8) is 0 Å². The Morgan fingerprint density at radius 2 is 0.917 bits per heavy atom. The van der Waals surface area contributed by atoms with Gasteiger partial charge in [0.25, 0.3) is 0 Å². The molecule has 0 spiro atoms. The van der Waals surface area contributed by atoms with E-state index in [9.17, 15) is 0 Å². The van der Waals surface area contributed by atoms with Crippen LogP contribution in [0.5, 0.6) is 0 Å². The van der Waals surface area contributed by atoms with Crippen LogP contribution in [-0.4, -0.2) is 27.9 Å². The van der Waals surface area contributed by atoms with Crippen LogP contribution >= 0.6 is 0 Å². The first-order chi connectivity index (χ1) is 17.8. The van der Waals surface area contributed by atoms with Gasteiger partial charge in [-0.1, -0.05) is 60.7 Å². The predicted molar refractivity (Wildman–Crippen MR) is 146 cm³/mol. The van der Waals surface area contributed by atoms with Gasteiger partial charge in [-0.3, -0.25) is 0 Å². The van der Waals surface area contributed by atoms with Crippen LogP contribution in [-0.2, 0) is 22.4 Å². The van der Waals surface area contributed by atoms with Crippen LogP contribution in [0.4, 0.5) is 22.7 Å². The third-order valence-corrected chi connectivity index (χ3v) is 5.90. The van der Waals surface area contributed by atoms with E-state index in [2.05, 4.69) is 10.6 Å². The van der Waals surface area contributed by atoms with Gasteiger partial charge in [0.1, 0.15) is 0 Å². The van der Waals surface area contributed by atoms with Crippen molar-refractivity contribution in [2.75, 3.05) is 10.6 Å². The molecule has 0 saturated heterocycles. The molecule has 0 aliphatic carbocycles. The minimum atomic E-state index is 0.308. The van der Waals surface area contributed by atoms with Gasteiger partial charge in [0, 0.05) is 24.5 Å². The summed E-state index contributed by atoms with van der Waals surface area (Å²) in [7, 11) is 11.4. The third-order valence-electron chi connectivity index (χ3n) is 5.90. The third kappa shape index (κ3) is 4.98. The number of rotatable bonds is 0. The Hall–Kier alpha value is -4.45. The van der Waals surface area contributed by atoms with E-state index in [-0.39, 0.29) is 0 Å². The predicted octanol–water partition coefficient (Wildman–Crippen LogP) is 5.58. The highest BCUT2D eigenvalue weighted by molar-refractivity contribution is 6.14. The number of nitrogens with zero attached hydrogens (tertiary/aromatic N) is 2. The zero-order chi connectivity index (χ0) is 24.7. The minimum absolute atomic E-state index is 0.308. The molecule has 1 aliphatic heterocycles. The second-order valence-electron chi connectivity index (χ2n) is 8.13. The van der Waals surface area contributed by atoms with E-state index in [0.717, 1.165) is 45.0 Å². The molecular weight excluding hydrogens is 446 g/mol. The summed E-state index contributed by atoms with van der Waals surface area (Å²) in [6, 6.07) is 31.1. The molecule has 1 aliphatic rings. The smallest absolute Gasteiger partial charge is 0.376 e. The quantitative estimate of drug-likeness (QED) is 0.331. The van der Waals surface area contributed by atoms with Gasteiger partial charge in [-0.05, 0) is 47.5 Å². The molecule has 4 radical (unpaired) electrons. The van der Waals surface area contributed by atoms with Crippen LogP contribution in [0.1, 0.15) is 22.3 Å². The van der Waals surface area contributed by atoms with Gasteiger partial charge in [-0.15, -0.1) is 0 Å². The molecule has 0 aromatic heterocycles. The fourth-order valence-electron chi connectivity index (χ4n) is 4.09. The van der Waals surface area contributed by atoms with Crippen LogP contribution in [0.25, 0.3) is 0 Å². The van der Waals surface area contributed by atoms with Crippen molar-refractivity contribution < 1.29 is 9.31 Å². The molecule has 1 heterocycles. The maximum absolute atomic E-state index is 5.71. The second-order valence-corrected chi connectivity index (χ2v) is 8.13. The minimum Gasteiger partial charge on any atom is -0.554 e. The number of para-hydroxylation sites is 4. The van der Waals surface area contributed by atoms with Crippen LogP contribution in [0, 0.1) is 0 Å². The molecule has 8 heteroatoms. The highest BCUT2D eigenvalue weighted by atomic mass is 16.4. The molecule has 0 fully saturated rings. The Bertz CT molecular complexity index is 1330. The maximum atomic E-state index is 5.71. The highest BCUT2D eigenvalue weighted by Gasteiger charge is 2.15. The summed E-state index contributed by atoms with van der Waals surface area (Å²) in [6.07, 6.45) is 0. The normalized spacial score (nSPS) is 13.2. The van der Waals surface area contributed by atoms with Gasteiger partial charge in [0.2, 0.25) is 11.8 Å². The van der Waals surface area contributed by atoms with Gasteiger partial charge in [-0.25, -0.2) is 9.98 Å². The highest BCUT2D eigenvalue weighted by Crippen LogP contribution is 2.28. The molecule has 0 amide bonds. The Balaban J connectivity index is 1.68. The van der Waals surface area contributed by atoms with Crippen molar-refractivity contribution in [1.82, 2.24) is 0 Å². The molecule has 36 heavy (non-hydrogen) atoms. The van der Waals surface area contributed by atoms with Crippen molar-refractivity contribution in [3.05, 3.63) is 119 Å². The Kier molecular flexibility index (Phi) is 7.03. The molecular formula is C28H22B2N4O2. The first kappa shape index (κ1) is 23.3. The lowest BCUT2D eigenvalue weighted by Crippen LogP contribution is -2.12. The van der Waals surface area contributed by atoms with E-state index < -0.39 is 0 Å². The van der Waals surface area contributed by atoms with Gasteiger partial charge in [0.05, 0.1) is 22.5 Å². The molecule has 0 saturated carbocycles. The van der Waals surface area contributed by atoms with E-state index in [1.165, 1.54) is 0 Å². The zero-order valence-electron chi connectivity index (χ0n) is 19.5. The molecule has 172 valence electrons. The molecule has 4 aromatic rings. The summed E-state index contributed by atoms with van der Waals surface area (Å²) < 4.78 is 10.5. The first-order valence-electron chi connectivity index (χ1n) is 11.5. The average Bonchev–Trinajstić information content (AvgIpc) is 2.93. The van der Waals surface area contributed by atoms with Gasteiger partial charge in [-0.2, -0.15) is 0 Å². The molecule has 2 N–H and O–H groups in total. The van der Waals surface area contributed by atoms with Crippen molar-refractivity contribution >= 4 is 50.6 Å². The monoisotopic (exact) mass is 468 g/mol. The van der Waals surface area contributed by atoms with Gasteiger partial charge in [0.15, 0.2) is 0 Å². The summed E-state index contributed by atoms with van der Waals surface area (Å²) in [5, 5.41) is 6.94. The van der Waals surface area contributed by atoms with E-state index >= 15 is 0 Å². The Labute approximate surface area is 213 Å². The number of hydrogen-bond donors (Lipinski definition) is 2. The lowest BCUT2D eigenvalue weighted by molar-refractivity contribution is 0.615. The molecule has 6 nitrogen and oxygen atoms in total. The van der Waals surface area contributed by atoms with Crippen molar-refractivity contribution in [1.29, 1.82) is 0 Å². The number of anilines is 2. The van der Waals surface area contributed by atoms with Gasteiger partial charge < -0.3 is 19.9 Å². The Morgan fingerprint density at radius 3 is 1.36 bits per heavy atom. The molecule has 4 aromatic carbocycles. The maximum Gasteiger partial charge on any atom is 0.376 e. The van der Waals surface area contributed by atoms with Crippen LogP contribution in [0.2, 0.25) is 0 Å². The molecule has 0 atom stereocenters. The molecule has 0 bridgehead atoms. The standard InChI is InChI=1S/C28H22B2N4O2/c29-35-27-22-12-4-8-16-26(22)32-18-20-10-2-6-14-24(20)34-28(36-30)21-11-3-7-15-25(21)31-17-19-9-1-5-13-23(19)33-27/h1-16,31-32H,17-18H2. The summed E-state index contributed by atoms with van der Waals surface area (Å²) >= 11 is 0. The topological polar surface area (TPSA) is 67.2 Å². The van der Waals surface area contributed by atoms with Crippen molar-refractivity contribution in [3.8, 4) is 0 Å². The van der Waals surface area contributed by atoms with Gasteiger partial charge >= 0.3 is 16.1 Å². The van der Waals surface area contributed by atoms with Crippen LogP contribution < -0.4 is 10.6 Å². The Morgan fingerprint density at radius 1 is 0.528 bits per heavy atom. The lowest BCUT2D eigenvalue weighted by Gasteiger charge is -2.18. The fraction of sp³-hybridized carbons (Fsp3) is 0.0714. The van der Waals surface area contributed by atoms with E-state index in [0.29, 0.717) is 24.9 Å². The lowest BCUT2D eigenvalue weighted by atomic mass is 10.1. The first-order valence-corrected chi connectivity index (χ1v) is 11.5. The summed E-state index contributed by atoms with van der Waals surface area (Å²) in [5.74, 6) is 0.617. The summed E-state index contributed by atoms with van der Waals surface area (Å²) in [5.41, 5.74) is 6.51. The van der Waals surface area contributed by atoms with Crippen molar-refractivity contribution in [2.24, 2.45) is 9.98 Å². The molecule has 5 rings (SSSR count). The number of fused-ring (bicyclic) bond motifs is 4. The number of aliphatic imine (C=N–C) groups is 2. The van der Waals surface area contributed by atoms with E-state index in [1.54, 1.807) is 0 Å². The summed E-state index contributed by atoms with van der Waals surface area (Å²) in [4.78, 5) is 9.56. The zero-order valence-corrected chi connectivity index (χ0v) is 19.5.